The van der Waals surface area contributed by atoms with Crippen LogP contribution in [0.15, 0.2) is 90.4 Å². The van der Waals surface area contributed by atoms with E-state index < -0.39 is 0 Å². The average molecular weight is 479 g/mol. The van der Waals surface area contributed by atoms with Crippen molar-refractivity contribution in [1.29, 1.82) is 0 Å². The summed E-state index contributed by atoms with van der Waals surface area (Å²) in [5.41, 5.74) is 6.01. The second kappa shape index (κ2) is 9.00. The molecule has 0 saturated carbocycles. The molecule has 0 spiro atoms. The summed E-state index contributed by atoms with van der Waals surface area (Å²) in [5, 5.41) is 7.86. The topological polar surface area (TPSA) is 78.3 Å². The molecule has 0 amide bonds. The number of ketones is 1. The lowest BCUT2D eigenvalue weighted by Crippen LogP contribution is -2.33. The number of aromatic nitrogens is 3. The second-order valence-corrected chi connectivity index (χ2v) is 9.08. The van der Waals surface area contributed by atoms with Crippen molar-refractivity contribution in [1.82, 2.24) is 14.8 Å². The van der Waals surface area contributed by atoms with Crippen molar-refractivity contribution < 1.29 is 14.3 Å². The van der Waals surface area contributed by atoms with E-state index in [1.165, 1.54) is 6.33 Å². The number of nitrogens with zero attached hydrogens (tertiary/aromatic N) is 3. The molecule has 4 aromatic rings. The summed E-state index contributed by atoms with van der Waals surface area (Å²) in [5.74, 6) is 2.12. The van der Waals surface area contributed by atoms with Crippen molar-refractivity contribution in [3.05, 3.63) is 102 Å². The lowest BCUT2D eigenvalue weighted by atomic mass is 9.77. The Morgan fingerprint density at radius 1 is 0.861 bits per heavy atom. The van der Waals surface area contributed by atoms with Crippen LogP contribution in [0.4, 0.5) is 5.95 Å². The van der Waals surface area contributed by atoms with Gasteiger partial charge in [-0.15, -0.1) is 0 Å². The van der Waals surface area contributed by atoms with E-state index in [9.17, 15) is 4.79 Å². The predicted octanol–water partition coefficient (Wildman–Crippen LogP) is 5.38. The molecule has 2 atom stereocenters. The molecular weight excluding hydrogens is 452 g/mol. The first-order valence-corrected chi connectivity index (χ1v) is 12.0. The van der Waals surface area contributed by atoms with Crippen molar-refractivity contribution in [2.45, 2.75) is 24.8 Å². The van der Waals surface area contributed by atoms with Gasteiger partial charge in [-0.2, -0.15) is 10.1 Å². The number of benzene rings is 3. The van der Waals surface area contributed by atoms with Crippen molar-refractivity contribution >= 4 is 11.7 Å². The van der Waals surface area contributed by atoms with E-state index in [0.29, 0.717) is 30.3 Å². The van der Waals surface area contributed by atoms with Gasteiger partial charge in [0.15, 0.2) is 17.3 Å². The van der Waals surface area contributed by atoms with E-state index in [1.807, 2.05) is 41.1 Å². The number of hydrogen-bond donors (Lipinski definition) is 1. The number of carbonyl (C=O) groups excluding carboxylic acids is 1. The molecule has 180 valence electrons. The molecule has 0 fully saturated rings. The molecule has 0 unspecified atom stereocenters. The molecule has 3 aromatic carbocycles. The Kier molecular flexibility index (Phi) is 5.52. The maximum atomic E-state index is 13.7. The summed E-state index contributed by atoms with van der Waals surface area (Å²) >= 11 is 0. The molecule has 7 heteroatoms. The molecule has 7 nitrogen and oxygen atoms in total. The summed E-state index contributed by atoms with van der Waals surface area (Å²) in [6, 6.07) is 24.2. The van der Waals surface area contributed by atoms with Gasteiger partial charge in [-0.05, 0) is 46.7 Å². The lowest BCUT2D eigenvalue weighted by Gasteiger charge is -2.35. The van der Waals surface area contributed by atoms with Crippen LogP contribution in [0.25, 0.3) is 11.1 Å². The van der Waals surface area contributed by atoms with Gasteiger partial charge in [0.2, 0.25) is 5.95 Å². The van der Waals surface area contributed by atoms with Crippen molar-refractivity contribution in [3.63, 3.8) is 0 Å². The van der Waals surface area contributed by atoms with Gasteiger partial charge in [0, 0.05) is 17.7 Å². The fraction of sp³-hybridized carbons (Fsp3) is 0.207. The van der Waals surface area contributed by atoms with Gasteiger partial charge in [-0.3, -0.25) is 4.79 Å². The normalized spacial score (nSPS) is 18.8. The molecule has 1 aromatic heterocycles. The van der Waals surface area contributed by atoms with Crippen molar-refractivity contribution in [2.24, 2.45) is 0 Å². The number of allylic oxidation sites excluding steroid dienone is 2. The van der Waals surface area contributed by atoms with Gasteiger partial charge in [-0.25, -0.2) is 4.68 Å². The van der Waals surface area contributed by atoms with E-state index >= 15 is 0 Å². The highest BCUT2D eigenvalue weighted by atomic mass is 16.5. The Morgan fingerprint density at radius 3 is 2.33 bits per heavy atom. The Balaban J connectivity index is 1.37. The van der Waals surface area contributed by atoms with Crippen LogP contribution in [0, 0.1) is 0 Å². The van der Waals surface area contributed by atoms with Crippen LogP contribution < -0.4 is 14.8 Å². The van der Waals surface area contributed by atoms with E-state index in [0.717, 1.165) is 33.5 Å². The molecular formula is C29H26N4O3. The molecule has 0 radical (unpaired) electrons. The number of anilines is 1. The van der Waals surface area contributed by atoms with Crippen LogP contribution in [-0.4, -0.2) is 34.8 Å². The standard InChI is InChI=1S/C29H26N4O3/c1-35-25-13-12-21(16-26(25)36-2)22-14-23-27(24(34)15-22)28(33-29(32-23)30-17-31-33)20-10-8-19(9-11-20)18-6-4-3-5-7-18/h3-13,16-17,22,28H,14-15H2,1-2H3,(H,30,31,32)/t22-,28+/m1/s1. The minimum Gasteiger partial charge on any atom is -0.493 e. The van der Waals surface area contributed by atoms with Crippen LogP contribution in [0.3, 0.4) is 0 Å². The quantitative estimate of drug-likeness (QED) is 0.415. The number of fused-ring (bicyclic) bond motifs is 1. The van der Waals surface area contributed by atoms with Gasteiger partial charge in [0.25, 0.3) is 0 Å². The van der Waals surface area contributed by atoms with Gasteiger partial charge in [-0.1, -0.05) is 60.7 Å². The van der Waals surface area contributed by atoms with E-state index in [2.05, 4.69) is 51.8 Å². The summed E-state index contributed by atoms with van der Waals surface area (Å²) in [7, 11) is 3.24. The first-order valence-electron chi connectivity index (χ1n) is 12.0. The predicted molar refractivity (Wildman–Crippen MR) is 137 cm³/mol. The third-order valence-electron chi connectivity index (χ3n) is 7.07. The van der Waals surface area contributed by atoms with Crippen LogP contribution in [0.1, 0.15) is 35.9 Å². The molecule has 2 heterocycles. The minimum absolute atomic E-state index is 0.0270. The Labute approximate surface area is 209 Å². The van der Waals surface area contributed by atoms with Crippen LogP contribution >= 0.6 is 0 Å². The Morgan fingerprint density at radius 2 is 1.58 bits per heavy atom. The van der Waals surface area contributed by atoms with Gasteiger partial charge in [0.05, 0.1) is 14.2 Å². The fourth-order valence-corrected chi connectivity index (χ4v) is 5.29. The zero-order valence-corrected chi connectivity index (χ0v) is 20.1. The molecule has 36 heavy (non-hydrogen) atoms. The summed E-state index contributed by atoms with van der Waals surface area (Å²) in [4.78, 5) is 18.1. The van der Waals surface area contributed by atoms with Gasteiger partial charge in [0.1, 0.15) is 12.4 Å². The first kappa shape index (κ1) is 22.1. The number of Topliss-reactive ketones (excluding diaryl/α,β-unsaturated/α-hetero) is 1. The van der Waals surface area contributed by atoms with Crippen LogP contribution in [0.5, 0.6) is 11.5 Å². The number of rotatable bonds is 5. The number of hydrogen-bond acceptors (Lipinski definition) is 6. The zero-order valence-electron chi connectivity index (χ0n) is 20.1. The maximum absolute atomic E-state index is 13.7. The molecule has 1 aliphatic heterocycles. The van der Waals surface area contributed by atoms with Crippen LogP contribution in [0.2, 0.25) is 0 Å². The second-order valence-electron chi connectivity index (χ2n) is 9.08. The van der Waals surface area contributed by atoms with Crippen LogP contribution in [-0.2, 0) is 4.79 Å². The zero-order chi connectivity index (χ0) is 24.6. The average Bonchev–Trinajstić information content (AvgIpc) is 3.40. The number of ether oxygens (including phenoxy) is 2. The fourth-order valence-electron chi connectivity index (χ4n) is 5.29. The van der Waals surface area contributed by atoms with Crippen molar-refractivity contribution in [3.8, 4) is 22.6 Å². The number of carbonyl (C=O) groups is 1. The molecule has 0 saturated heterocycles. The number of nitrogens with one attached hydrogen (secondary N) is 1. The van der Waals surface area contributed by atoms with E-state index in [4.69, 9.17) is 9.47 Å². The summed E-state index contributed by atoms with van der Waals surface area (Å²) in [6.07, 6.45) is 2.64. The summed E-state index contributed by atoms with van der Waals surface area (Å²) in [6.45, 7) is 0. The number of methoxy groups -OCH3 is 2. The Hall–Kier alpha value is -4.39. The molecule has 2 aliphatic rings. The first-order chi connectivity index (χ1) is 17.7. The smallest absolute Gasteiger partial charge is 0.226 e. The molecule has 0 bridgehead atoms. The third-order valence-corrected chi connectivity index (χ3v) is 7.07. The summed E-state index contributed by atoms with van der Waals surface area (Å²) < 4.78 is 12.7. The van der Waals surface area contributed by atoms with Crippen molar-refractivity contribution in [2.75, 3.05) is 19.5 Å². The molecule has 1 N–H and O–H groups in total. The monoisotopic (exact) mass is 478 g/mol. The minimum atomic E-state index is -0.317. The lowest BCUT2D eigenvalue weighted by molar-refractivity contribution is -0.116. The van der Waals surface area contributed by atoms with Gasteiger partial charge < -0.3 is 14.8 Å². The van der Waals surface area contributed by atoms with E-state index in [1.54, 1.807) is 14.2 Å². The third kappa shape index (κ3) is 3.73. The largest absolute Gasteiger partial charge is 0.493 e. The SMILES string of the molecule is COc1ccc([C@H]2CC(=O)C3=C(C2)Nc2ncnn2[C@H]3c2ccc(-c3ccccc3)cc2)cc1OC. The highest BCUT2D eigenvalue weighted by Crippen LogP contribution is 2.45. The van der Waals surface area contributed by atoms with Gasteiger partial charge >= 0.3 is 0 Å². The highest BCUT2D eigenvalue weighted by Gasteiger charge is 2.39. The highest BCUT2D eigenvalue weighted by molar-refractivity contribution is 6.00. The Bertz CT molecular complexity index is 1460. The molecule has 1 aliphatic carbocycles. The maximum Gasteiger partial charge on any atom is 0.226 e. The van der Waals surface area contributed by atoms with E-state index in [-0.39, 0.29) is 17.7 Å². The molecule has 6 rings (SSSR count).